The Morgan fingerprint density at radius 2 is 1.59 bits per heavy atom. The summed E-state index contributed by atoms with van der Waals surface area (Å²) in [5.41, 5.74) is 1.29. The van der Waals surface area contributed by atoms with E-state index in [1.807, 2.05) is 0 Å². The first-order valence-corrected chi connectivity index (χ1v) is 6.84. The van der Waals surface area contributed by atoms with Gasteiger partial charge in [0.05, 0.1) is 0 Å². The normalized spacial score (nSPS) is 11.9. The molecular weight excluding hydrogens is 251 g/mol. The van der Waals surface area contributed by atoms with Crippen molar-refractivity contribution in [1.29, 1.82) is 0 Å². The Labute approximate surface area is 113 Å². The Morgan fingerprint density at radius 1 is 0.941 bits per heavy atom. The highest BCUT2D eigenvalue weighted by Gasteiger charge is 2.23. The molecule has 2 heteroatoms. The minimum Gasteiger partial charge on any atom is -0.126 e. The molecule has 0 nitrogen and oxygen atoms in total. The summed E-state index contributed by atoms with van der Waals surface area (Å²) in [5.74, 6) is 1.17. The second kappa shape index (κ2) is 5.29. The lowest BCUT2D eigenvalue weighted by Gasteiger charge is -2.25. The van der Waals surface area contributed by atoms with Gasteiger partial charge in [-0.05, 0) is 28.2 Å². The van der Waals surface area contributed by atoms with Gasteiger partial charge >= 0.3 is 0 Å². The van der Waals surface area contributed by atoms with Crippen LogP contribution in [0.5, 0.6) is 0 Å². The average Bonchev–Trinajstić information content (AvgIpc) is 2.39. The molecule has 0 aliphatic rings. The van der Waals surface area contributed by atoms with Crippen molar-refractivity contribution in [2.75, 3.05) is 11.8 Å². The van der Waals surface area contributed by atoms with Crippen LogP contribution in [0.1, 0.15) is 12.5 Å². The van der Waals surface area contributed by atoms with E-state index in [1.54, 1.807) is 0 Å². The molecule has 0 aromatic heterocycles. The number of hydrogen-bond acceptors (Lipinski definition) is 0. The molecule has 2 rings (SSSR count). The molecule has 2 aromatic carbocycles. The second-order valence-corrected chi connectivity index (χ2v) is 5.43. The first kappa shape index (κ1) is 12.7. The van der Waals surface area contributed by atoms with E-state index < -0.39 is 0 Å². The maximum Gasteiger partial charge on any atom is 0.0291 e. The van der Waals surface area contributed by atoms with Crippen LogP contribution in [0.3, 0.4) is 0 Å². The molecular formula is C15H16Cl2. The number of fused-ring (bicyclic) bond motifs is 1. The molecule has 90 valence electrons. The van der Waals surface area contributed by atoms with Gasteiger partial charge in [-0.1, -0.05) is 49.4 Å². The highest BCUT2D eigenvalue weighted by atomic mass is 35.5. The van der Waals surface area contributed by atoms with Crippen LogP contribution in [0.25, 0.3) is 10.8 Å². The van der Waals surface area contributed by atoms with E-state index in [0.717, 1.165) is 6.42 Å². The maximum absolute atomic E-state index is 6.03. The zero-order chi connectivity index (χ0) is 12.3. The fourth-order valence-corrected chi connectivity index (χ4v) is 2.51. The Morgan fingerprint density at radius 3 is 2.29 bits per heavy atom. The van der Waals surface area contributed by atoms with Crippen LogP contribution in [0, 0.1) is 5.41 Å². The van der Waals surface area contributed by atoms with Gasteiger partial charge in [-0.15, -0.1) is 23.2 Å². The van der Waals surface area contributed by atoms with Crippen molar-refractivity contribution in [3.8, 4) is 0 Å². The Balaban J connectivity index is 2.42. The first-order valence-electron chi connectivity index (χ1n) is 5.77. The molecule has 0 N–H and O–H groups in total. The summed E-state index contributed by atoms with van der Waals surface area (Å²) in [4.78, 5) is 0. The lowest BCUT2D eigenvalue weighted by atomic mass is 9.86. The number of alkyl halides is 2. The maximum atomic E-state index is 6.03. The van der Waals surface area contributed by atoms with Gasteiger partial charge in [-0.25, -0.2) is 0 Å². The molecule has 0 saturated heterocycles. The summed E-state index contributed by atoms with van der Waals surface area (Å²) in [7, 11) is 0. The summed E-state index contributed by atoms with van der Waals surface area (Å²) in [6.07, 6.45) is 0.918. The van der Waals surface area contributed by atoms with E-state index in [0.29, 0.717) is 11.8 Å². The van der Waals surface area contributed by atoms with Crippen LogP contribution in [0.15, 0.2) is 42.5 Å². The third-order valence-electron chi connectivity index (χ3n) is 3.14. The molecule has 0 aliphatic carbocycles. The van der Waals surface area contributed by atoms with Crippen LogP contribution in [-0.2, 0) is 6.42 Å². The third kappa shape index (κ3) is 2.75. The smallest absolute Gasteiger partial charge is 0.0291 e. The van der Waals surface area contributed by atoms with Gasteiger partial charge in [-0.3, -0.25) is 0 Å². The minimum atomic E-state index is -0.0345. The van der Waals surface area contributed by atoms with E-state index in [1.165, 1.54) is 16.3 Å². The van der Waals surface area contributed by atoms with Gasteiger partial charge in [0.15, 0.2) is 0 Å². The van der Waals surface area contributed by atoms with E-state index in [9.17, 15) is 0 Å². The summed E-state index contributed by atoms with van der Waals surface area (Å²) < 4.78 is 0. The number of benzene rings is 2. The minimum absolute atomic E-state index is 0.0345. The van der Waals surface area contributed by atoms with E-state index >= 15 is 0 Å². The highest BCUT2D eigenvalue weighted by Crippen LogP contribution is 2.29. The lowest BCUT2D eigenvalue weighted by molar-refractivity contribution is 0.426. The highest BCUT2D eigenvalue weighted by molar-refractivity contribution is 6.21. The summed E-state index contributed by atoms with van der Waals surface area (Å²) in [5, 5.41) is 2.58. The van der Waals surface area contributed by atoms with Gasteiger partial charge < -0.3 is 0 Å². The van der Waals surface area contributed by atoms with Gasteiger partial charge in [0, 0.05) is 11.8 Å². The fourth-order valence-electron chi connectivity index (χ4n) is 2.04. The monoisotopic (exact) mass is 266 g/mol. The van der Waals surface area contributed by atoms with Gasteiger partial charge in [0.1, 0.15) is 0 Å². The largest absolute Gasteiger partial charge is 0.126 e. The lowest BCUT2D eigenvalue weighted by Crippen LogP contribution is -2.23. The summed E-state index contributed by atoms with van der Waals surface area (Å²) >= 11 is 12.1. The van der Waals surface area contributed by atoms with Crippen molar-refractivity contribution in [2.45, 2.75) is 13.3 Å². The van der Waals surface area contributed by atoms with E-state index in [-0.39, 0.29) is 5.41 Å². The van der Waals surface area contributed by atoms with Crippen molar-refractivity contribution in [1.82, 2.24) is 0 Å². The number of hydrogen-bond donors (Lipinski definition) is 0. The molecule has 17 heavy (non-hydrogen) atoms. The Hall–Kier alpha value is -0.720. The first-order chi connectivity index (χ1) is 8.18. The van der Waals surface area contributed by atoms with Crippen molar-refractivity contribution in [3.63, 3.8) is 0 Å². The van der Waals surface area contributed by atoms with Crippen molar-refractivity contribution in [2.24, 2.45) is 5.41 Å². The molecule has 0 aliphatic heterocycles. The fraction of sp³-hybridized carbons (Fsp3) is 0.333. The zero-order valence-electron chi connectivity index (χ0n) is 9.92. The number of halogens is 2. The van der Waals surface area contributed by atoms with Crippen molar-refractivity contribution in [3.05, 3.63) is 48.0 Å². The standard InChI is InChI=1S/C15H16Cl2/c1-15(10-16,11-17)9-13-7-4-6-12-5-2-3-8-14(12)13/h2-8H,9-11H2,1H3. The molecule has 0 radical (unpaired) electrons. The molecule has 0 unspecified atom stereocenters. The molecule has 2 aromatic rings. The van der Waals surface area contributed by atoms with Gasteiger partial charge in [0.2, 0.25) is 0 Å². The summed E-state index contributed by atoms with van der Waals surface area (Å²) in [6, 6.07) is 14.8. The molecule has 0 amide bonds. The predicted molar refractivity (Wildman–Crippen MR) is 77.2 cm³/mol. The van der Waals surface area contributed by atoms with Crippen LogP contribution in [0.4, 0.5) is 0 Å². The van der Waals surface area contributed by atoms with Gasteiger partial charge in [-0.2, -0.15) is 0 Å². The molecule has 0 atom stereocenters. The Kier molecular flexibility index (Phi) is 3.96. The van der Waals surface area contributed by atoms with Gasteiger partial charge in [0.25, 0.3) is 0 Å². The van der Waals surface area contributed by atoms with Crippen LogP contribution in [0.2, 0.25) is 0 Å². The second-order valence-electron chi connectivity index (χ2n) is 4.89. The molecule has 0 heterocycles. The van der Waals surface area contributed by atoms with Crippen LogP contribution in [-0.4, -0.2) is 11.8 Å². The van der Waals surface area contributed by atoms with Crippen molar-refractivity contribution >= 4 is 34.0 Å². The number of rotatable bonds is 4. The zero-order valence-corrected chi connectivity index (χ0v) is 11.4. The average molecular weight is 267 g/mol. The van der Waals surface area contributed by atoms with Crippen LogP contribution >= 0.6 is 23.2 Å². The molecule has 0 spiro atoms. The quantitative estimate of drug-likeness (QED) is 0.693. The van der Waals surface area contributed by atoms with E-state index in [2.05, 4.69) is 49.4 Å². The van der Waals surface area contributed by atoms with E-state index in [4.69, 9.17) is 23.2 Å². The Bertz CT molecular complexity index is 496. The topological polar surface area (TPSA) is 0 Å². The molecule has 0 bridgehead atoms. The summed E-state index contributed by atoms with van der Waals surface area (Å²) in [6.45, 7) is 2.13. The third-order valence-corrected chi connectivity index (χ3v) is 4.43. The molecule has 0 fully saturated rings. The molecule has 0 saturated carbocycles. The van der Waals surface area contributed by atoms with Crippen LogP contribution < -0.4 is 0 Å². The predicted octanol–water partition coefficient (Wildman–Crippen LogP) is 4.87. The SMILES string of the molecule is CC(CCl)(CCl)Cc1cccc2ccccc12. The van der Waals surface area contributed by atoms with Crippen molar-refractivity contribution < 1.29 is 0 Å².